The molecule has 160 valence electrons. The molecule has 0 bridgehead atoms. The summed E-state index contributed by atoms with van der Waals surface area (Å²) >= 11 is 0. The molecule has 0 fully saturated rings. The Bertz CT molecular complexity index is 1270. The lowest BCUT2D eigenvalue weighted by Gasteiger charge is -2.10. The van der Waals surface area contributed by atoms with E-state index in [1.807, 2.05) is 36.4 Å². The second-order valence-electron chi connectivity index (χ2n) is 6.65. The average Bonchev–Trinajstić information content (AvgIpc) is 2.80. The molecule has 4 rings (SSSR count). The van der Waals surface area contributed by atoms with Crippen molar-refractivity contribution in [3.05, 3.63) is 96.6 Å². The predicted molar refractivity (Wildman–Crippen MR) is 116 cm³/mol. The number of hydrogen-bond acceptors (Lipinski definition) is 4. The number of para-hydroxylation sites is 1. The molecule has 2 aromatic heterocycles. The van der Waals surface area contributed by atoms with Gasteiger partial charge in [-0.3, -0.25) is 5.32 Å². The highest BCUT2D eigenvalue weighted by Gasteiger charge is 2.15. The Kier molecular flexibility index (Phi) is 5.98. The number of aromatic nitrogens is 2. The van der Waals surface area contributed by atoms with E-state index in [1.165, 1.54) is 6.20 Å². The van der Waals surface area contributed by atoms with Crippen LogP contribution in [-0.2, 0) is 0 Å². The second kappa shape index (κ2) is 9.17. The van der Waals surface area contributed by atoms with E-state index in [9.17, 15) is 18.0 Å². The van der Waals surface area contributed by atoms with Crippen molar-refractivity contribution < 1.29 is 18.0 Å². The van der Waals surface area contributed by atoms with Gasteiger partial charge in [0, 0.05) is 18.1 Å². The van der Waals surface area contributed by atoms with Gasteiger partial charge in [0.05, 0.1) is 5.69 Å². The first kappa shape index (κ1) is 20.9. The van der Waals surface area contributed by atoms with Crippen LogP contribution in [0, 0.1) is 17.5 Å². The summed E-state index contributed by atoms with van der Waals surface area (Å²) in [6, 6.07) is 17.3. The van der Waals surface area contributed by atoms with E-state index in [1.54, 1.807) is 24.4 Å². The highest BCUT2D eigenvalue weighted by Crippen LogP contribution is 2.25. The average molecular weight is 435 g/mol. The van der Waals surface area contributed by atoms with Crippen LogP contribution in [0.25, 0.3) is 11.1 Å². The second-order valence-corrected chi connectivity index (χ2v) is 6.65. The zero-order valence-electron chi connectivity index (χ0n) is 16.4. The number of benzene rings is 2. The van der Waals surface area contributed by atoms with E-state index in [2.05, 4.69) is 25.9 Å². The van der Waals surface area contributed by atoms with Crippen molar-refractivity contribution in [3.8, 4) is 11.1 Å². The van der Waals surface area contributed by atoms with Gasteiger partial charge in [0.1, 0.15) is 11.6 Å². The fraction of sp³-hybridized carbons (Fsp3) is 0. The van der Waals surface area contributed by atoms with Gasteiger partial charge < -0.3 is 10.6 Å². The van der Waals surface area contributed by atoms with Gasteiger partial charge in [-0.25, -0.2) is 27.9 Å². The Morgan fingerprint density at radius 3 is 2.09 bits per heavy atom. The highest BCUT2D eigenvalue weighted by molar-refractivity contribution is 5.99. The Balaban J connectivity index is 1.48. The maximum absolute atomic E-state index is 13.8. The minimum absolute atomic E-state index is 0.178. The van der Waals surface area contributed by atoms with Crippen LogP contribution < -0.4 is 16.0 Å². The van der Waals surface area contributed by atoms with Gasteiger partial charge in [0.2, 0.25) is 0 Å². The molecule has 2 aromatic carbocycles. The van der Waals surface area contributed by atoms with Crippen LogP contribution in [0.15, 0.2) is 79.1 Å². The van der Waals surface area contributed by atoms with Gasteiger partial charge in [-0.2, -0.15) is 0 Å². The molecule has 3 N–H and O–H groups in total. The number of amides is 2. The smallest absolute Gasteiger partial charge is 0.324 e. The number of pyridine rings is 2. The number of urea groups is 1. The molecular weight excluding hydrogens is 419 g/mol. The Labute approximate surface area is 181 Å². The molecule has 0 aliphatic heterocycles. The molecule has 32 heavy (non-hydrogen) atoms. The van der Waals surface area contributed by atoms with Gasteiger partial charge in [0.25, 0.3) is 0 Å². The van der Waals surface area contributed by atoms with Crippen molar-refractivity contribution in [2.24, 2.45) is 0 Å². The first-order chi connectivity index (χ1) is 15.5. The molecule has 0 aliphatic rings. The van der Waals surface area contributed by atoms with Crippen LogP contribution in [0.4, 0.5) is 41.0 Å². The fourth-order valence-electron chi connectivity index (χ4n) is 2.92. The van der Waals surface area contributed by atoms with Crippen molar-refractivity contribution in [2.75, 3.05) is 16.0 Å². The molecule has 0 spiro atoms. The van der Waals surface area contributed by atoms with Crippen molar-refractivity contribution in [2.45, 2.75) is 0 Å². The predicted octanol–water partition coefficient (Wildman–Crippen LogP) is 5.95. The molecule has 0 saturated carbocycles. The summed E-state index contributed by atoms with van der Waals surface area (Å²) in [4.78, 5) is 20.5. The Hall–Kier alpha value is -4.40. The van der Waals surface area contributed by atoms with Gasteiger partial charge in [0.15, 0.2) is 17.5 Å². The molecule has 4 aromatic rings. The molecule has 2 amide bonds. The Morgan fingerprint density at radius 2 is 1.38 bits per heavy atom. The largest absolute Gasteiger partial charge is 0.340 e. The van der Waals surface area contributed by atoms with Gasteiger partial charge in [-0.15, -0.1) is 0 Å². The SMILES string of the molecule is O=C(Nc1cc(-c2ccnc(Nc3ccccc3)c2)ccn1)Nc1ccc(F)c(F)c1F. The van der Waals surface area contributed by atoms with Crippen molar-refractivity contribution in [3.63, 3.8) is 0 Å². The number of anilines is 4. The number of halogens is 3. The van der Waals surface area contributed by atoms with E-state index in [-0.39, 0.29) is 5.82 Å². The molecule has 0 unspecified atom stereocenters. The summed E-state index contributed by atoms with van der Waals surface area (Å²) in [5.41, 5.74) is 1.95. The maximum Gasteiger partial charge on any atom is 0.324 e. The molecule has 0 atom stereocenters. The summed E-state index contributed by atoms with van der Waals surface area (Å²) < 4.78 is 40.1. The first-order valence-electron chi connectivity index (χ1n) is 9.45. The zero-order chi connectivity index (χ0) is 22.5. The van der Waals surface area contributed by atoms with E-state index in [0.29, 0.717) is 5.82 Å². The molecular formula is C23H16F3N5O. The Morgan fingerprint density at radius 1 is 0.719 bits per heavy atom. The number of nitrogens with zero attached hydrogens (tertiary/aromatic N) is 2. The number of carbonyl (C=O) groups is 1. The van der Waals surface area contributed by atoms with Crippen LogP contribution in [0.5, 0.6) is 0 Å². The quantitative estimate of drug-likeness (QED) is 0.339. The van der Waals surface area contributed by atoms with Crippen LogP contribution in [0.3, 0.4) is 0 Å². The normalized spacial score (nSPS) is 10.5. The lowest BCUT2D eigenvalue weighted by Crippen LogP contribution is -2.21. The van der Waals surface area contributed by atoms with E-state index < -0.39 is 29.2 Å². The summed E-state index contributed by atoms with van der Waals surface area (Å²) in [7, 11) is 0. The molecule has 0 saturated heterocycles. The van der Waals surface area contributed by atoms with Gasteiger partial charge in [-0.05, 0) is 59.7 Å². The monoisotopic (exact) mass is 435 g/mol. The van der Waals surface area contributed by atoms with Gasteiger partial charge >= 0.3 is 6.03 Å². The first-order valence-corrected chi connectivity index (χ1v) is 9.45. The highest BCUT2D eigenvalue weighted by atomic mass is 19.2. The van der Waals surface area contributed by atoms with Crippen molar-refractivity contribution in [1.29, 1.82) is 0 Å². The molecule has 9 heteroatoms. The number of rotatable bonds is 5. The lowest BCUT2D eigenvalue weighted by atomic mass is 10.1. The minimum Gasteiger partial charge on any atom is -0.340 e. The molecule has 0 radical (unpaired) electrons. The third-order valence-corrected chi connectivity index (χ3v) is 4.42. The van der Waals surface area contributed by atoms with Crippen molar-refractivity contribution in [1.82, 2.24) is 9.97 Å². The molecule has 6 nitrogen and oxygen atoms in total. The van der Waals surface area contributed by atoms with E-state index >= 15 is 0 Å². The van der Waals surface area contributed by atoms with Crippen LogP contribution in [0.1, 0.15) is 0 Å². The fourth-order valence-corrected chi connectivity index (χ4v) is 2.92. The zero-order valence-corrected chi connectivity index (χ0v) is 16.4. The number of hydrogen-bond donors (Lipinski definition) is 3. The topological polar surface area (TPSA) is 78.9 Å². The third-order valence-electron chi connectivity index (χ3n) is 4.42. The summed E-state index contributed by atoms with van der Waals surface area (Å²) in [6.45, 7) is 0. The number of nitrogens with one attached hydrogen (secondary N) is 3. The van der Waals surface area contributed by atoms with Gasteiger partial charge in [-0.1, -0.05) is 18.2 Å². The van der Waals surface area contributed by atoms with Crippen molar-refractivity contribution >= 4 is 29.0 Å². The van der Waals surface area contributed by atoms with Crippen LogP contribution in [-0.4, -0.2) is 16.0 Å². The maximum atomic E-state index is 13.8. The third kappa shape index (κ3) is 4.84. The standard InChI is InChI=1S/C23H16F3N5O/c24-17-6-7-18(22(26)21(17)25)30-23(32)31-20-13-15(9-11-28-20)14-8-10-27-19(12-14)29-16-4-2-1-3-5-16/h1-13H,(H,27,29)(H2,28,30,31,32). The van der Waals surface area contributed by atoms with Crippen LogP contribution in [0.2, 0.25) is 0 Å². The minimum atomic E-state index is -1.67. The summed E-state index contributed by atoms with van der Waals surface area (Å²) in [5, 5.41) is 7.77. The number of carbonyl (C=O) groups excluding carboxylic acids is 1. The molecule has 0 aliphatic carbocycles. The summed E-state index contributed by atoms with van der Waals surface area (Å²) in [6.07, 6.45) is 3.14. The van der Waals surface area contributed by atoms with E-state index in [4.69, 9.17) is 0 Å². The molecule has 2 heterocycles. The lowest BCUT2D eigenvalue weighted by molar-refractivity contribution is 0.262. The summed E-state index contributed by atoms with van der Waals surface area (Å²) in [5.74, 6) is -3.69. The van der Waals surface area contributed by atoms with Crippen LogP contribution >= 0.6 is 0 Å². The van der Waals surface area contributed by atoms with E-state index in [0.717, 1.165) is 28.9 Å².